The molecule has 0 radical (unpaired) electrons. The highest BCUT2D eigenvalue weighted by molar-refractivity contribution is 9.10. The monoisotopic (exact) mass is 254 g/mol. The summed E-state index contributed by atoms with van der Waals surface area (Å²) in [4.78, 5) is 0. The van der Waals surface area contributed by atoms with Gasteiger partial charge in [-0.15, -0.1) is 0 Å². The molecule has 0 aliphatic heterocycles. The Kier molecular flexibility index (Phi) is 2.98. The molecule has 72 valence electrons. The highest BCUT2D eigenvalue weighted by Crippen LogP contribution is 2.33. The molecule has 1 rings (SSSR count). The van der Waals surface area contributed by atoms with E-state index in [9.17, 15) is 13.2 Å². The largest absolute Gasteiger partial charge is 0.418 e. The summed E-state index contributed by atoms with van der Waals surface area (Å²) in [5.41, 5.74) is -0.165. The summed E-state index contributed by atoms with van der Waals surface area (Å²) < 4.78 is 36.5. The summed E-state index contributed by atoms with van der Waals surface area (Å²) in [5.74, 6) is 0. The maximum atomic E-state index is 12.0. The Balaban J connectivity index is 2.96. The summed E-state index contributed by atoms with van der Waals surface area (Å²) in [5, 5.41) is 8.84. The molecule has 5 heteroatoms. The minimum absolute atomic E-state index is 0.165. The molecule has 13 heavy (non-hydrogen) atoms. The molecule has 1 aromatic rings. The fourth-order valence-electron chi connectivity index (χ4n) is 0.866. The van der Waals surface area contributed by atoms with Gasteiger partial charge in [0.15, 0.2) is 6.10 Å². The summed E-state index contributed by atoms with van der Waals surface area (Å²) in [6, 6.07) is 5.49. The van der Waals surface area contributed by atoms with Crippen LogP contribution in [0.25, 0.3) is 0 Å². The molecule has 0 spiro atoms. The summed E-state index contributed by atoms with van der Waals surface area (Å²) >= 11 is 3.02. The number of aliphatic hydroxyl groups is 1. The molecule has 1 N–H and O–H groups in total. The van der Waals surface area contributed by atoms with Crippen LogP contribution < -0.4 is 0 Å². The minimum Gasteiger partial charge on any atom is -0.379 e. The number of halogens is 4. The van der Waals surface area contributed by atoms with Gasteiger partial charge in [-0.2, -0.15) is 13.2 Å². The van der Waals surface area contributed by atoms with E-state index in [1.165, 1.54) is 18.2 Å². The maximum absolute atomic E-state index is 12.0. The Labute approximate surface area is 81.3 Å². The van der Waals surface area contributed by atoms with E-state index < -0.39 is 12.3 Å². The van der Waals surface area contributed by atoms with Crippen molar-refractivity contribution in [3.63, 3.8) is 0 Å². The van der Waals surface area contributed by atoms with E-state index in [1.54, 1.807) is 6.07 Å². The Hall–Kier alpha value is -0.550. The van der Waals surface area contributed by atoms with E-state index in [1.807, 2.05) is 0 Å². The van der Waals surface area contributed by atoms with Crippen LogP contribution in [0.5, 0.6) is 0 Å². The summed E-state index contributed by atoms with van der Waals surface area (Å²) in [6.07, 6.45) is -7.02. The predicted octanol–water partition coefficient (Wildman–Crippen LogP) is 3.04. The number of hydrogen-bond acceptors (Lipinski definition) is 1. The molecule has 1 nitrogen and oxygen atoms in total. The van der Waals surface area contributed by atoms with Gasteiger partial charge in [0, 0.05) is 4.47 Å². The first kappa shape index (κ1) is 10.5. The number of hydrogen-bond donors (Lipinski definition) is 1. The SMILES string of the molecule is O[C@@H](c1cccc(Br)c1)C(F)(F)F. The van der Waals surface area contributed by atoms with Crippen LogP contribution in [0.3, 0.4) is 0 Å². The zero-order chi connectivity index (χ0) is 10.1. The topological polar surface area (TPSA) is 20.2 Å². The molecular formula is C8H6BrF3O. The average Bonchev–Trinajstić information content (AvgIpc) is 2.01. The van der Waals surface area contributed by atoms with Crippen LogP contribution >= 0.6 is 15.9 Å². The van der Waals surface area contributed by atoms with Gasteiger partial charge in [0.2, 0.25) is 0 Å². The maximum Gasteiger partial charge on any atom is 0.418 e. The molecule has 0 aliphatic rings. The normalized spacial score (nSPS) is 14.2. The number of aliphatic hydroxyl groups excluding tert-OH is 1. The first-order valence-corrected chi connectivity index (χ1v) is 4.21. The number of benzene rings is 1. The highest BCUT2D eigenvalue weighted by Gasteiger charge is 2.39. The Morgan fingerprint density at radius 1 is 1.31 bits per heavy atom. The van der Waals surface area contributed by atoms with E-state index in [2.05, 4.69) is 15.9 Å². The predicted molar refractivity (Wildman–Crippen MR) is 45.2 cm³/mol. The Morgan fingerprint density at radius 3 is 2.38 bits per heavy atom. The van der Waals surface area contributed by atoms with Crippen molar-refractivity contribution in [2.45, 2.75) is 12.3 Å². The standard InChI is InChI=1S/C8H6BrF3O/c9-6-3-1-2-5(4-6)7(13)8(10,11)12/h1-4,7,13H/t7-/m0/s1. The Morgan fingerprint density at radius 2 is 1.92 bits per heavy atom. The zero-order valence-corrected chi connectivity index (χ0v) is 7.93. The molecule has 1 atom stereocenters. The van der Waals surface area contributed by atoms with Gasteiger partial charge in [0.1, 0.15) is 0 Å². The lowest BCUT2D eigenvalue weighted by Crippen LogP contribution is -2.19. The van der Waals surface area contributed by atoms with Crippen LogP contribution in [0.2, 0.25) is 0 Å². The smallest absolute Gasteiger partial charge is 0.379 e. The van der Waals surface area contributed by atoms with E-state index in [0.29, 0.717) is 4.47 Å². The van der Waals surface area contributed by atoms with Crippen molar-refractivity contribution in [1.82, 2.24) is 0 Å². The lowest BCUT2D eigenvalue weighted by molar-refractivity contribution is -0.206. The summed E-state index contributed by atoms with van der Waals surface area (Å²) in [7, 11) is 0. The van der Waals surface area contributed by atoms with Crippen LogP contribution in [0.4, 0.5) is 13.2 Å². The van der Waals surface area contributed by atoms with E-state index >= 15 is 0 Å². The van der Waals surface area contributed by atoms with Crippen LogP contribution in [-0.2, 0) is 0 Å². The van der Waals surface area contributed by atoms with Crippen molar-refractivity contribution in [3.8, 4) is 0 Å². The highest BCUT2D eigenvalue weighted by atomic mass is 79.9. The lowest BCUT2D eigenvalue weighted by Gasteiger charge is -2.14. The fraction of sp³-hybridized carbons (Fsp3) is 0.250. The second-order valence-electron chi connectivity index (χ2n) is 2.50. The van der Waals surface area contributed by atoms with Crippen molar-refractivity contribution >= 4 is 15.9 Å². The van der Waals surface area contributed by atoms with Crippen LogP contribution in [0, 0.1) is 0 Å². The van der Waals surface area contributed by atoms with Gasteiger partial charge in [-0.3, -0.25) is 0 Å². The average molecular weight is 255 g/mol. The lowest BCUT2D eigenvalue weighted by atomic mass is 10.1. The van der Waals surface area contributed by atoms with Crippen molar-refractivity contribution in [2.75, 3.05) is 0 Å². The third-order valence-corrected chi connectivity index (χ3v) is 1.97. The third-order valence-electron chi connectivity index (χ3n) is 1.47. The van der Waals surface area contributed by atoms with Gasteiger partial charge in [-0.25, -0.2) is 0 Å². The van der Waals surface area contributed by atoms with E-state index in [0.717, 1.165) is 0 Å². The van der Waals surface area contributed by atoms with Crippen molar-refractivity contribution < 1.29 is 18.3 Å². The quantitative estimate of drug-likeness (QED) is 0.817. The van der Waals surface area contributed by atoms with Gasteiger partial charge < -0.3 is 5.11 Å². The molecular weight excluding hydrogens is 249 g/mol. The van der Waals surface area contributed by atoms with Crippen LogP contribution in [0.1, 0.15) is 11.7 Å². The third kappa shape index (κ3) is 2.70. The fourth-order valence-corrected chi connectivity index (χ4v) is 1.28. The molecule has 1 aromatic carbocycles. The molecule has 0 heterocycles. The number of rotatable bonds is 1. The second-order valence-corrected chi connectivity index (χ2v) is 3.41. The molecule has 0 aliphatic carbocycles. The van der Waals surface area contributed by atoms with Gasteiger partial charge in [0.25, 0.3) is 0 Å². The number of alkyl halides is 3. The molecule has 0 saturated heterocycles. The molecule has 0 bridgehead atoms. The van der Waals surface area contributed by atoms with Gasteiger partial charge in [-0.05, 0) is 17.7 Å². The second kappa shape index (κ2) is 3.67. The molecule has 0 fully saturated rings. The van der Waals surface area contributed by atoms with Gasteiger partial charge in [0.05, 0.1) is 0 Å². The first-order valence-electron chi connectivity index (χ1n) is 3.41. The zero-order valence-electron chi connectivity index (χ0n) is 6.35. The molecule has 0 aromatic heterocycles. The van der Waals surface area contributed by atoms with Crippen molar-refractivity contribution in [1.29, 1.82) is 0 Å². The molecule has 0 saturated carbocycles. The van der Waals surface area contributed by atoms with E-state index in [-0.39, 0.29) is 5.56 Å². The van der Waals surface area contributed by atoms with Crippen molar-refractivity contribution in [3.05, 3.63) is 34.3 Å². The molecule has 0 amide bonds. The van der Waals surface area contributed by atoms with Crippen molar-refractivity contribution in [2.24, 2.45) is 0 Å². The van der Waals surface area contributed by atoms with Crippen LogP contribution in [-0.4, -0.2) is 11.3 Å². The van der Waals surface area contributed by atoms with Gasteiger partial charge >= 0.3 is 6.18 Å². The Bertz CT molecular complexity index is 298. The van der Waals surface area contributed by atoms with Crippen LogP contribution in [0.15, 0.2) is 28.7 Å². The summed E-state index contributed by atoms with van der Waals surface area (Å²) in [6.45, 7) is 0. The van der Waals surface area contributed by atoms with E-state index in [4.69, 9.17) is 5.11 Å². The minimum atomic E-state index is -4.61. The van der Waals surface area contributed by atoms with Gasteiger partial charge in [-0.1, -0.05) is 28.1 Å². The molecule has 0 unspecified atom stereocenters. The first-order chi connectivity index (χ1) is 5.91.